The Morgan fingerprint density at radius 2 is 2.13 bits per heavy atom. The Morgan fingerprint density at radius 3 is 2.74 bits per heavy atom. The van der Waals surface area contributed by atoms with E-state index in [1.165, 1.54) is 0 Å². The lowest BCUT2D eigenvalue weighted by Gasteiger charge is -2.42. The molecule has 0 amide bonds. The van der Waals surface area contributed by atoms with Gasteiger partial charge in [0.1, 0.15) is 0 Å². The monoisotopic (exact) mass is 341 g/mol. The Labute approximate surface area is 144 Å². The lowest BCUT2D eigenvalue weighted by molar-refractivity contribution is 0.0643. The average molecular weight is 342 g/mol. The molecule has 0 aromatic heterocycles. The molecule has 23 heavy (non-hydrogen) atoms. The van der Waals surface area contributed by atoms with Crippen molar-refractivity contribution in [2.75, 3.05) is 39.8 Å². The predicted molar refractivity (Wildman–Crippen MR) is 94.4 cm³/mol. The highest BCUT2D eigenvalue weighted by molar-refractivity contribution is 6.32. The Kier molecular flexibility index (Phi) is 6.53. The molecule has 6 heteroatoms. The van der Waals surface area contributed by atoms with Crippen LogP contribution >= 0.6 is 11.6 Å². The number of phenolic OH excluding ortho intramolecular Hbond substituents is 1. The summed E-state index contributed by atoms with van der Waals surface area (Å²) in [6.07, 6.45) is 1.12. The fourth-order valence-electron chi connectivity index (χ4n) is 3.24. The van der Waals surface area contributed by atoms with Crippen molar-refractivity contribution in [2.24, 2.45) is 5.73 Å². The van der Waals surface area contributed by atoms with Gasteiger partial charge in [-0.25, -0.2) is 0 Å². The maximum atomic E-state index is 10.0. The number of hydrogen-bond donors (Lipinski definition) is 2. The van der Waals surface area contributed by atoms with Gasteiger partial charge in [0.15, 0.2) is 11.5 Å². The molecule has 0 saturated carbocycles. The first-order valence-corrected chi connectivity index (χ1v) is 8.69. The molecular formula is C17H28ClN3O2. The number of aromatic hydroxyl groups is 1. The summed E-state index contributed by atoms with van der Waals surface area (Å²) in [6.45, 7) is 8.06. The van der Waals surface area contributed by atoms with Crippen LogP contribution < -0.4 is 10.5 Å². The van der Waals surface area contributed by atoms with E-state index in [9.17, 15) is 5.11 Å². The fraction of sp³-hybridized carbons (Fsp3) is 0.647. The molecule has 5 nitrogen and oxygen atoms in total. The number of piperazine rings is 1. The average Bonchev–Trinajstić information content (AvgIpc) is 2.54. The standard InChI is InChI=1S/C17H28ClN3O2/c1-4-13-11-21(7-6-20(13)3)15(10-19)12-8-14(18)17(22)16(9-12)23-5-2/h8-9,13,15,22H,4-7,10-11,19H2,1-3H3. The van der Waals surface area contributed by atoms with Crippen molar-refractivity contribution in [3.63, 3.8) is 0 Å². The summed E-state index contributed by atoms with van der Waals surface area (Å²) < 4.78 is 5.50. The van der Waals surface area contributed by atoms with Gasteiger partial charge in [0.05, 0.1) is 11.6 Å². The van der Waals surface area contributed by atoms with Crippen molar-refractivity contribution in [1.82, 2.24) is 9.80 Å². The number of ether oxygens (including phenoxy) is 1. The van der Waals surface area contributed by atoms with E-state index in [1.54, 1.807) is 6.07 Å². The van der Waals surface area contributed by atoms with Gasteiger partial charge < -0.3 is 20.5 Å². The van der Waals surface area contributed by atoms with E-state index in [4.69, 9.17) is 22.1 Å². The number of phenols is 1. The second-order valence-electron chi connectivity index (χ2n) is 6.07. The molecule has 1 aliphatic heterocycles. The lowest BCUT2D eigenvalue weighted by Crippen LogP contribution is -2.53. The molecule has 1 aromatic rings. The molecule has 1 aromatic carbocycles. The summed E-state index contributed by atoms with van der Waals surface area (Å²) in [4.78, 5) is 4.81. The first kappa shape index (κ1) is 18.3. The van der Waals surface area contributed by atoms with Gasteiger partial charge in [-0.05, 0) is 38.1 Å². The van der Waals surface area contributed by atoms with E-state index in [-0.39, 0.29) is 11.8 Å². The van der Waals surface area contributed by atoms with Crippen LogP contribution in [0.25, 0.3) is 0 Å². The minimum Gasteiger partial charge on any atom is -0.503 e. The third-order valence-electron chi connectivity index (χ3n) is 4.68. The van der Waals surface area contributed by atoms with Crippen LogP contribution in [0.15, 0.2) is 12.1 Å². The van der Waals surface area contributed by atoms with Crippen LogP contribution in [0.2, 0.25) is 5.02 Å². The van der Waals surface area contributed by atoms with E-state index in [0.717, 1.165) is 31.6 Å². The van der Waals surface area contributed by atoms with E-state index in [0.29, 0.717) is 30.0 Å². The molecular weight excluding hydrogens is 314 g/mol. The Balaban J connectivity index is 2.27. The first-order valence-electron chi connectivity index (χ1n) is 8.31. The molecule has 3 N–H and O–H groups in total. The fourth-order valence-corrected chi connectivity index (χ4v) is 3.46. The normalized spacial score (nSPS) is 21.3. The van der Waals surface area contributed by atoms with Gasteiger partial charge in [0.2, 0.25) is 0 Å². The second kappa shape index (κ2) is 8.20. The zero-order chi connectivity index (χ0) is 17.0. The zero-order valence-corrected chi connectivity index (χ0v) is 15.0. The Hall–Kier alpha value is -1.01. The summed E-state index contributed by atoms with van der Waals surface area (Å²) in [5, 5.41) is 10.3. The molecule has 2 unspecified atom stereocenters. The van der Waals surface area contributed by atoms with Crippen molar-refractivity contribution in [3.05, 3.63) is 22.7 Å². The third-order valence-corrected chi connectivity index (χ3v) is 4.97. The number of benzene rings is 1. The summed E-state index contributed by atoms with van der Waals surface area (Å²) in [6, 6.07) is 4.28. The highest BCUT2D eigenvalue weighted by Crippen LogP contribution is 2.38. The molecule has 0 bridgehead atoms. The van der Waals surface area contributed by atoms with Crippen LogP contribution in [-0.4, -0.2) is 60.8 Å². The third kappa shape index (κ3) is 4.10. The van der Waals surface area contributed by atoms with Crippen molar-refractivity contribution in [3.8, 4) is 11.5 Å². The molecule has 2 rings (SSSR count). The minimum absolute atomic E-state index is 0.00199. The molecule has 1 aliphatic rings. The molecule has 0 spiro atoms. The number of nitrogens with zero attached hydrogens (tertiary/aromatic N) is 2. The van der Waals surface area contributed by atoms with Gasteiger partial charge in [-0.2, -0.15) is 0 Å². The smallest absolute Gasteiger partial charge is 0.176 e. The molecule has 2 atom stereocenters. The number of rotatable bonds is 6. The quantitative estimate of drug-likeness (QED) is 0.832. The Morgan fingerprint density at radius 1 is 1.39 bits per heavy atom. The number of hydrogen-bond acceptors (Lipinski definition) is 5. The highest BCUT2D eigenvalue weighted by Gasteiger charge is 2.29. The predicted octanol–water partition coefficient (Wildman–Crippen LogP) is 2.47. The molecule has 1 heterocycles. The molecule has 0 radical (unpaired) electrons. The van der Waals surface area contributed by atoms with Gasteiger partial charge in [-0.15, -0.1) is 0 Å². The molecule has 0 aliphatic carbocycles. The van der Waals surface area contributed by atoms with Crippen LogP contribution in [0, 0.1) is 0 Å². The van der Waals surface area contributed by atoms with Gasteiger partial charge in [-0.1, -0.05) is 18.5 Å². The molecule has 130 valence electrons. The minimum atomic E-state index is -0.00199. The lowest BCUT2D eigenvalue weighted by atomic mass is 10.0. The van der Waals surface area contributed by atoms with E-state index in [1.807, 2.05) is 13.0 Å². The number of nitrogens with two attached hydrogens (primary N) is 1. The van der Waals surface area contributed by atoms with Crippen LogP contribution in [0.4, 0.5) is 0 Å². The number of halogens is 1. The van der Waals surface area contributed by atoms with Crippen molar-refractivity contribution >= 4 is 11.6 Å². The van der Waals surface area contributed by atoms with Crippen molar-refractivity contribution in [1.29, 1.82) is 0 Å². The maximum Gasteiger partial charge on any atom is 0.176 e. The Bertz CT molecular complexity index is 527. The topological polar surface area (TPSA) is 62.0 Å². The molecule has 1 saturated heterocycles. The number of likely N-dealkylation sites (N-methyl/N-ethyl adjacent to an activating group) is 1. The van der Waals surface area contributed by atoms with Crippen LogP contribution in [0.1, 0.15) is 31.9 Å². The zero-order valence-electron chi connectivity index (χ0n) is 14.3. The van der Waals surface area contributed by atoms with E-state index in [2.05, 4.69) is 23.8 Å². The largest absolute Gasteiger partial charge is 0.503 e. The van der Waals surface area contributed by atoms with Crippen LogP contribution in [0.5, 0.6) is 11.5 Å². The second-order valence-corrected chi connectivity index (χ2v) is 6.48. The van der Waals surface area contributed by atoms with Gasteiger partial charge in [0, 0.05) is 38.3 Å². The van der Waals surface area contributed by atoms with Gasteiger partial charge in [0.25, 0.3) is 0 Å². The summed E-state index contributed by atoms with van der Waals surface area (Å²) in [7, 11) is 2.17. The summed E-state index contributed by atoms with van der Waals surface area (Å²) >= 11 is 6.18. The van der Waals surface area contributed by atoms with Gasteiger partial charge in [-0.3, -0.25) is 4.90 Å². The maximum absolute atomic E-state index is 10.0. The van der Waals surface area contributed by atoms with Crippen LogP contribution in [0.3, 0.4) is 0 Å². The van der Waals surface area contributed by atoms with Crippen LogP contribution in [-0.2, 0) is 0 Å². The SMILES string of the molecule is CCOc1cc(C(CN)N2CCN(C)C(CC)C2)cc(Cl)c1O. The van der Waals surface area contributed by atoms with Gasteiger partial charge >= 0.3 is 0 Å². The highest BCUT2D eigenvalue weighted by atomic mass is 35.5. The first-order chi connectivity index (χ1) is 11.0. The van der Waals surface area contributed by atoms with Crippen molar-refractivity contribution in [2.45, 2.75) is 32.4 Å². The van der Waals surface area contributed by atoms with Crippen molar-refractivity contribution < 1.29 is 9.84 Å². The van der Waals surface area contributed by atoms with E-state index < -0.39 is 0 Å². The van der Waals surface area contributed by atoms with E-state index >= 15 is 0 Å². The summed E-state index contributed by atoms with van der Waals surface area (Å²) in [5.74, 6) is 0.424. The summed E-state index contributed by atoms with van der Waals surface area (Å²) in [5.41, 5.74) is 7.07. The molecule has 1 fully saturated rings.